The summed E-state index contributed by atoms with van der Waals surface area (Å²) in [5.74, 6) is -0.184. The number of aliphatic hydroxyl groups excluding tert-OH is 1. The molecule has 1 fully saturated rings. The maximum atomic E-state index is 11.0. The van der Waals surface area contributed by atoms with Crippen molar-refractivity contribution in [3.8, 4) is 0 Å². The van der Waals surface area contributed by atoms with Gasteiger partial charge < -0.3 is 16.2 Å². The minimum atomic E-state index is -0.487. The van der Waals surface area contributed by atoms with Crippen LogP contribution in [-0.2, 0) is 4.79 Å². The van der Waals surface area contributed by atoms with Crippen LogP contribution in [0.5, 0.6) is 0 Å². The van der Waals surface area contributed by atoms with Crippen LogP contribution in [0, 0.1) is 0 Å². The second-order valence-electron chi connectivity index (χ2n) is 3.22. The number of nitrogens with two attached hydrogens (primary N) is 1. The molecular formula is C7H14N2O2. The third kappa shape index (κ3) is 1.91. The SMILES string of the molecule is C[C@@H](N)C(=O)NC1(CO)CC1. The lowest BCUT2D eigenvalue weighted by Gasteiger charge is -2.15. The van der Waals surface area contributed by atoms with E-state index < -0.39 is 6.04 Å². The average molecular weight is 158 g/mol. The molecule has 0 heterocycles. The maximum absolute atomic E-state index is 11.0. The summed E-state index contributed by atoms with van der Waals surface area (Å²) < 4.78 is 0. The Hall–Kier alpha value is -0.610. The van der Waals surface area contributed by atoms with Gasteiger partial charge in [-0.1, -0.05) is 0 Å². The van der Waals surface area contributed by atoms with Crippen LogP contribution in [0.1, 0.15) is 19.8 Å². The van der Waals surface area contributed by atoms with Gasteiger partial charge in [0.15, 0.2) is 0 Å². The van der Waals surface area contributed by atoms with Gasteiger partial charge in [-0.25, -0.2) is 0 Å². The molecule has 0 unspecified atom stereocenters. The quantitative estimate of drug-likeness (QED) is 0.492. The monoisotopic (exact) mass is 158 g/mol. The Morgan fingerprint density at radius 2 is 2.36 bits per heavy atom. The van der Waals surface area contributed by atoms with Gasteiger partial charge in [0.1, 0.15) is 0 Å². The molecule has 1 saturated carbocycles. The first-order valence-corrected chi connectivity index (χ1v) is 3.78. The van der Waals surface area contributed by atoms with Gasteiger partial charge in [0, 0.05) is 0 Å². The number of hydrogen-bond acceptors (Lipinski definition) is 3. The largest absolute Gasteiger partial charge is 0.394 e. The van der Waals surface area contributed by atoms with Crippen molar-refractivity contribution in [1.82, 2.24) is 5.32 Å². The van der Waals surface area contributed by atoms with Crippen molar-refractivity contribution in [2.75, 3.05) is 6.61 Å². The van der Waals surface area contributed by atoms with Crippen molar-refractivity contribution in [1.29, 1.82) is 0 Å². The van der Waals surface area contributed by atoms with E-state index in [9.17, 15) is 4.79 Å². The van der Waals surface area contributed by atoms with E-state index in [1.54, 1.807) is 6.92 Å². The van der Waals surface area contributed by atoms with Gasteiger partial charge in [0.2, 0.25) is 5.91 Å². The third-order valence-electron chi connectivity index (χ3n) is 1.96. The highest BCUT2D eigenvalue weighted by Gasteiger charge is 2.43. The summed E-state index contributed by atoms with van der Waals surface area (Å²) in [6.07, 6.45) is 1.73. The van der Waals surface area contributed by atoms with Crippen molar-refractivity contribution in [3.05, 3.63) is 0 Å². The number of nitrogens with one attached hydrogen (secondary N) is 1. The van der Waals surface area contributed by atoms with E-state index in [-0.39, 0.29) is 18.1 Å². The van der Waals surface area contributed by atoms with Crippen molar-refractivity contribution < 1.29 is 9.90 Å². The predicted octanol–water partition coefficient (Wildman–Crippen LogP) is -1.03. The lowest BCUT2D eigenvalue weighted by atomic mass is 10.2. The Kier molecular flexibility index (Phi) is 2.15. The molecule has 0 aromatic carbocycles. The highest BCUT2D eigenvalue weighted by atomic mass is 16.3. The zero-order valence-electron chi connectivity index (χ0n) is 6.63. The first kappa shape index (κ1) is 8.49. The molecule has 64 valence electrons. The molecule has 0 aromatic rings. The van der Waals surface area contributed by atoms with E-state index in [1.165, 1.54) is 0 Å². The Morgan fingerprint density at radius 3 is 2.64 bits per heavy atom. The zero-order valence-corrected chi connectivity index (χ0v) is 6.63. The van der Waals surface area contributed by atoms with E-state index in [0.717, 1.165) is 12.8 Å². The van der Waals surface area contributed by atoms with Gasteiger partial charge in [0.05, 0.1) is 18.2 Å². The fraction of sp³-hybridized carbons (Fsp3) is 0.857. The molecule has 0 saturated heterocycles. The molecule has 1 aliphatic carbocycles. The van der Waals surface area contributed by atoms with Crippen molar-refractivity contribution in [2.45, 2.75) is 31.3 Å². The number of hydrogen-bond donors (Lipinski definition) is 3. The lowest BCUT2D eigenvalue weighted by molar-refractivity contribution is -0.123. The maximum Gasteiger partial charge on any atom is 0.237 e. The summed E-state index contributed by atoms with van der Waals surface area (Å²) in [6, 6.07) is -0.487. The van der Waals surface area contributed by atoms with E-state index in [4.69, 9.17) is 10.8 Å². The average Bonchev–Trinajstić information content (AvgIpc) is 2.69. The minimum Gasteiger partial charge on any atom is -0.394 e. The standard InChI is InChI=1S/C7H14N2O2/c1-5(8)6(11)9-7(4-10)2-3-7/h5,10H,2-4,8H2,1H3,(H,9,11)/t5-/m1/s1. The van der Waals surface area contributed by atoms with Crippen molar-refractivity contribution >= 4 is 5.91 Å². The van der Waals surface area contributed by atoms with Crippen LogP contribution >= 0.6 is 0 Å². The molecule has 0 aromatic heterocycles. The highest BCUT2D eigenvalue weighted by Crippen LogP contribution is 2.34. The topological polar surface area (TPSA) is 75.4 Å². The third-order valence-corrected chi connectivity index (χ3v) is 1.96. The van der Waals surface area contributed by atoms with Gasteiger partial charge in [-0.2, -0.15) is 0 Å². The van der Waals surface area contributed by atoms with E-state index in [2.05, 4.69) is 5.32 Å². The molecule has 1 atom stereocenters. The minimum absolute atomic E-state index is 0.0193. The molecule has 1 amide bonds. The summed E-state index contributed by atoms with van der Waals surface area (Å²) in [7, 11) is 0. The molecule has 4 N–H and O–H groups in total. The van der Waals surface area contributed by atoms with E-state index in [0.29, 0.717) is 0 Å². The number of carbonyl (C=O) groups is 1. The molecule has 0 aliphatic heterocycles. The molecule has 1 rings (SSSR count). The van der Waals surface area contributed by atoms with Crippen LogP contribution in [0.2, 0.25) is 0 Å². The van der Waals surface area contributed by atoms with E-state index >= 15 is 0 Å². The van der Waals surface area contributed by atoms with Crippen LogP contribution in [0.4, 0.5) is 0 Å². The molecule has 0 radical (unpaired) electrons. The van der Waals surface area contributed by atoms with E-state index in [1.807, 2.05) is 0 Å². The van der Waals surface area contributed by atoms with Gasteiger partial charge in [-0.05, 0) is 19.8 Å². The highest BCUT2D eigenvalue weighted by molar-refractivity contribution is 5.82. The van der Waals surface area contributed by atoms with Gasteiger partial charge in [-0.3, -0.25) is 4.79 Å². The van der Waals surface area contributed by atoms with Crippen LogP contribution in [0.15, 0.2) is 0 Å². The van der Waals surface area contributed by atoms with Gasteiger partial charge >= 0.3 is 0 Å². The number of rotatable bonds is 3. The molecule has 4 nitrogen and oxygen atoms in total. The molecule has 11 heavy (non-hydrogen) atoms. The Bertz CT molecular complexity index is 164. The normalized spacial score (nSPS) is 22.5. The smallest absolute Gasteiger partial charge is 0.237 e. The summed E-state index contributed by atoms with van der Waals surface area (Å²) in [5.41, 5.74) is 5.00. The molecule has 0 bridgehead atoms. The molecule has 0 spiro atoms. The van der Waals surface area contributed by atoms with Gasteiger partial charge in [-0.15, -0.1) is 0 Å². The Labute approximate surface area is 65.8 Å². The van der Waals surface area contributed by atoms with Gasteiger partial charge in [0.25, 0.3) is 0 Å². The van der Waals surface area contributed by atoms with Crippen molar-refractivity contribution in [3.63, 3.8) is 0 Å². The number of amides is 1. The number of carbonyl (C=O) groups excluding carboxylic acids is 1. The summed E-state index contributed by atoms with van der Waals surface area (Å²) >= 11 is 0. The summed E-state index contributed by atoms with van der Waals surface area (Å²) in [6.45, 7) is 1.65. The predicted molar refractivity (Wildman–Crippen MR) is 40.8 cm³/mol. The zero-order chi connectivity index (χ0) is 8.48. The summed E-state index contributed by atoms with van der Waals surface area (Å²) in [5, 5.41) is 11.5. The fourth-order valence-corrected chi connectivity index (χ4v) is 0.849. The first-order chi connectivity index (χ1) is 5.09. The number of aliphatic hydroxyl groups is 1. The summed E-state index contributed by atoms with van der Waals surface area (Å²) in [4.78, 5) is 11.0. The van der Waals surface area contributed by atoms with Crippen molar-refractivity contribution in [2.24, 2.45) is 5.73 Å². The molecule has 1 aliphatic rings. The van der Waals surface area contributed by atoms with Crippen LogP contribution in [0.3, 0.4) is 0 Å². The lowest BCUT2D eigenvalue weighted by Crippen LogP contribution is -2.46. The van der Waals surface area contributed by atoms with Crippen LogP contribution < -0.4 is 11.1 Å². The Balaban J connectivity index is 2.36. The van der Waals surface area contributed by atoms with Crippen LogP contribution in [0.25, 0.3) is 0 Å². The fourth-order valence-electron chi connectivity index (χ4n) is 0.849. The van der Waals surface area contributed by atoms with Crippen LogP contribution in [-0.4, -0.2) is 29.2 Å². The molecular weight excluding hydrogens is 144 g/mol. The second-order valence-corrected chi connectivity index (χ2v) is 3.22. The Morgan fingerprint density at radius 1 is 1.82 bits per heavy atom. The molecule has 4 heteroatoms. The second kappa shape index (κ2) is 2.79. The first-order valence-electron chi connectivity index (χ1n) is 3.78.